The molecule has 33 heavy (non-hydrogen) atoms. The molecule has 3 aromatic rings. The lowest BCUT2D eigenvalue weighted by Crippen LogP contribution is -2.17. The van der Waals surface area contributed by atoms with Gasteiger partial charge in [-0.2, -0.15) is 0 Å². The Bertz CT molecular complexity index is 1090. The number of methoxy groups -OCH3 is 1. The highest BCUT2D eigenvalue weighted by Gasteiger charge is 2.13. The monoisotopic (exact) mass is 451 g/mol. The lowest BCUT2D eigenvalue weighted by molar-refractivity contribution is 0.102. The van der Waals surface area contributed by atoms with E-state index >= 15 is 0 Å². The molecule has 1 heterocycles. The number of para-hydroxylation sites is 1. The van der Waals surface area contributed by atoms with E-state index < -0.39 is 5.63 Å². The molecule has 176 valence electrons. The van der Waals surface area contributed by atoms with E-state index in [0.717, 1.165) is 12.2 Å². The summed E-state index contributed by atoms with van der Waals surface area (Å²) >= 11 is 0. The maximum absolute atomic E-state index is 12.6. The molecule has 0 unspecified atom stereocenters. The van der Waals surface area contributed by atoms with Crippen LogP contribution in [0.15, 0.2) is 57.7 Å². The van der Waals surface area contributed by atoms with Gasteiger partial charge in [-0.25, -0.2) is 4.79 Å². The number of carbonyl (C=O) groups excluding carboxylic acids is 1. The van der Waals surface area contributed by atoms with Crippen molar-refractivity contribution in [3.05, 3.63) is 64.5 Å². The Morgan fingerprint density at radius 3 is 2.33 bits per heavy atom. The Morgan fingerprint density at radius 2 is 1.64 bits per heavy atom. The minimum atomic E-state index is -0.634. The predicted octanol–water partition coefficient (Wildman–Crippen LogP) is 6.57. The molecule has 0 saturated carbocycles. The zero-order valence-corrected chi connectivity index (χ0v) is 19.5. The zero-order chi connectivity index (χ0) is 23.5. The van der Waals surface area contributed by atoms with Crippen molar-refractivity contribution in [1.82, 2.24) is 0 Å². The van der Waals surface area contributed by atoms with Crippen molar-refractivity contribution >= 4 is 22.6 Å². The molecule has 0 aliphatic rings. The van der Waals surface area contributed by atoms with Gasteiger partial charge in [0.15, 0.2) is 11.3 Å². The zero-order valence-electron chi connectivity index (χ0n) is 19.5. The van der Waals surface area contributed by atoms with Crippen LogP contribution in [0.4, 0.5) is 5.69 Å². The summed E-state index contributed by atoms with van der Waals surface area (Å²) in [6, 6.07) is 13.8. The van der Waals surface area contributed by atoms with Crippen LogP contribution in [0.25, 0.3) is 11.0 Å². The van der Waals surface area contributed by atoms with Crippen LogP contribution in [-0.2, 0) is 0 Å². The first kappa shape index (κ1) is 24.4. The second kappa shape index (κ2) is 12.7. The van der Waals surface area contributed by atoms with Gasteiger partial charge in [0.1, 0.15) is 11.4 Å². The van der Waals surface area contributed by atoms with Crippen LogP contribution in [0.5, 0.6) is 11.5 Å². The molecule has 1 amide bonds. The number of fused-ring (bicyclic) bond motifs is 1. The molecule has 0 saturated heterocycles. The molecular weight excluding hydrogens is 418 g/mol. The summed E-state index contributed by atoms with van der Waals surface area (Å²) < 4.78 is 16.4. The van der Waals surface area contributed by atoms with Crippen LogP contribution in [0, 0.1) is 0 Å². The first-order valence-corrected chi connectivity index (χ1v) is 11.8. The van der Waals surface area contributed by atoms with Gasteiger partial charge in [0.25, 0.3) is 5.91 Å². The topological polar surface area (TPSA) is 77.8 Å². The molecule has 0 spiro atoms. The summed E-state index contributed by atoms with van der Waals surface area (Å²) in [5.74, 6) is 0.802. The van der Waals surface area contributed by atoms with Crippen molar-refractivity contribution in [1.29, 1.82) is 0 Å². The molecule has 0 radical (unpaired) electrons. The molecule has 2 aromatic carbocycles. The number of nitrogens with one attached hydrogen (secondary N) is 1. The molecule has 0 aliphatic carbocycles. The molecular formula is C27H33NO5. The number of carbonyl (C=O) groups is 1. The number of benzene rings is 2. The van der Waals surface area contributed by atoms with Crippen molar-refractivity contribution < 1.29 is 18.7 Å². The number of unbranched alkanes of at least 4 members (excludes halogenated alkanes) is 7. The minimum absolute atomic E-state index is 0.0794. The number of amides is 1. The van der Waals surface area contributed by atoms with Gasteiger partial charge in [-0.15, -0.1) is 0 Å². The van der Waals surface area contributed by atoms with E-state index in [1.165, 1.54) is 52.1 Å². The Kier molecular flexibility index (Phi) is 9.36. The predicted molar refractivity (Wildman–Crippen MR) is 132 cm³/mol. The van der Waals surface area contributed by atoms with Gasteiger partial charge in [-0.05, 0) is 42.8 Å². The fourth-order valence-electron chi connectivity index (χ4n) is 3.69. The third-order valence-corrected chi connectivity index (χ3v) is 5.58. The molecule has 3 rings (SSSR count). The number of ether oxygens (including phenoxy) is 2. The van der Waals surface area contributed by atoms with Gasteiger partial charge in [0.05, 0.1) is 13.7 Å². The fourth-order valence-corrected chi connectivity index (χ4v) is 3.69. The van der Waals surface area contributed by atoms with Crippen LogP contribution in [-0.4, -0.2) is 19.6 Å². The first-order chi connectivity index (χ1) is 16.1. The van der Waals surface area contributed by atoms with Gasteiger partial charge >= 0.3 is 5.63 Å². The Morgan fingerprint density at radius 1 is 0.939 bits per heavy atom. The Balaban J connectivity index is 1.48. The third kappa shape index (κ3) is 7.11. The molecule has 0 atom stereocenters. The van der Waals surface area contributed by atoms with Crippen molar-refractivity contribution in [2.75, 3.05) is 19.0 Å². The minimum Gasteiger partial charge on any atom is -0.494 e. The van der Waals surface area contributed by atoms with Gasteiger partial charge in [-0.3, -0.25) is 4.79 Å². The molecule has 0 bridgehead atoms. The van der Waals surface area contributed by atoms with Gasteiger partial charge in [0, 0.05) is 10.9 Å². The van der Waals surface area contributed by atoms with Gasteiger partial charge in [0.2, 0.25) is 0 Å². The van der Waals surface area contributed by atoms with Crippen LogP contribution in [0.1, 0.15) is 68.6 Å². The van der Waals surface area contributed by atoms with Gasteiger partial charge < -0.3 is 19.2 Å². The molecule has 6 heteroatoms. The average molecular weight is 452 g/mol. The van der Waals surface area contributed by atoms with E-state index in [9.17, 15) is 9.59 Å². The molecule has 1 N–H and O–H groups in total. The van der Waals surface area contributed by atoms with Crippen LogP contribution in [0.3, 0.4) is 0 Å². The second-order valence-electron chi connectivity index (χ2n) is 8.13. The quantitative estimate of drug-likeness (QED) is 0.235. The molecule has 0 fully saturated rings. The van der Waals surface area contributed by atoms with Crippen molar-refractivity contribution in [3.63, 3.8) is 0 Å². The normalized spacial score (nSPS) is 10.8. The fraction of sp³-hybridized carbons (Fsp3) is 0.407. The first-order valence-electron chi connectivity index (χ1n) is 11.8. The summed E-state index contributed by atoms with van der Waals surface area (Å²) in [7, 11) is 1.51. The standard InChI is InChI=1S/C27H33NO5/c1-3-4-5-6-7-8-9-10-18-32-22-16-14-20(15-17-22)26(29)28-23-19-21-12-11-13-24(31-2)25(21)33-27(23)30/h11-17,19H,3-10,18H2,1-2H3,(H,28,29). The lowest BCUT2D eigenvalue weighted by atomic mass is 10.1. The third-order valence-electron chi connectivity index (χ3n) is 5.58. The number of anilines is 1. The summed E-state index contributed by atoms with van der Waals surface area (Å²) in [4.78, 5) is 24.9. The molecule has 6 nitrogen and oxygen atoms in total. The second-order valence-corrected chi connectivity index (χ2v) is 8.13. The van der Waals surface area contributed by atoms with Crippen LogP contribution in [0.2, 0.25) is 0 Å². The number of rotatable bonds is 13. The maximum atomic E-state index is 12.6. The molecule has 1 aromatic heterocycles. The lowest BCUT2D eigenvalue weighted by Gasteiger charge is -2.09. The summed E-state index contributed by atoms with van der Waals surface area (Å²) in [5.41, 5.74) is 0.224. The van der Waals surface area contributed by atoms with E-state index in [0.29, 0.717) is 28.9 Å². The Labute approximate surface area is 194 Å². The maximum Gasteiger partial charge on any atom is 0.360 e. The highest BCUT2D eigenvalue weighted by molar-refractivity contribution is 6.04. The van der Waals surface area contributed by atoms with E-state index in [1.807, 2.05) is 0 Å². The van der Waals surface area contributed by atoms with E-state index in [1.54, 1.807) is 48.5 Å². The van der Waals surface area contributed by atoms with Crippen LogP contribution < -0.4 is 20.4 Å². The SMILES string of the molecule is CCCCCCCCCCOc1ccc(C(=O)Nc2cc3cccc(OC)c3oc2=O)cc1. The highest BCUT2D eigenvalue weighted by Crippen LogP contribution is 2.25. The van der Waals surface area contributed by atoms with Crippen molar-refractivity contribution in [2.45, 2.75) is 58.3 Å². The van der Waals surface area contributed by atoms with Crippen molar-refractivity contribution in [2.24, 2.45) is 0 Å². The van der Waals surface area contributed by atoms with E-state index in [-0.39, 0.29) is 11.6 Å². The summed E-state index contributed by atoms with van der Waals surface area (Å²) in [5, 5.41) is 3.29. The van der Waals surface area contributed by atoms with Crippen molar-refractivity contribution in [3.8, 4) is 11.5 Å². The largest absolute Gasteiger partial charge is 0.494 e. The van der Waals surface area contributed by atoms with E-state index in [2.05, 4.69) is 12.2 Å². The summed E-state index contributed by atoms with van der Waals surface area (Å²) in [6.07, 6.45) is 10.0. The smallest absolute Gasteiger partial charge is 0.360 e. The number of hydrogen-bond acceptors (Lipinski definition) is 5. The summed E-state index contributed by atoms with van der Waals surface area (Å²) in [6.45, 7) is 2.90. The average Bonchev–Trinajstić information content (AvgIpc) is 2.83. The highest BCUT2D eigenvalue weighted by atomic mass is 16.5. The van der Waals surface area contributed by atoms with E-state index in [4.69, 9.17) is 13.9 Å². The van der Waals surface area contributed by atoms with Crippen LogP contribution >= 0.6 is 0 Å². The van der Waals surface area contributed by atoms with Gasteiger partial charge in [-0.1, -0.05) is 64.0 Å². The number of hydrogen-bond donors (Lipinski definition) is 1. The molecule has 0 aliphatic heterocycles. The Hall–Kier alpha value is -3.28.